The smallest absolute Gasteiger partial charge is 0.268 e. The summed E-state index contributed by atoms with van der Waals surface area (Å²) >= 11 is 1.59. The number of aryl methyl sites for hydroxylation is 2. The van der Waals surface area contributed by atoms with Crippen LogP contribution in [0.15, 0.2) is 30.3 Å². The summed E-state index contributed by atoms with van der Waals surface area (Å²) in [5.41, 5.74) is 2.79. The molecule has 2 heterocycles. The third-order valence-electron chi connectivity index (χ3n) is 4.22. The van der Waals surface area contributed by atoms with Crippen LogP contribution in [0.25, 0.3) is 0 Å². The van der Waals surface area contributed by atoms with Crippen LogP contribution in [0.4, 0.5) is 11.4 Å². The number of benzene rings is 1. The van der Waals surface area contributed by atoms with Gasteiger partial charge in [0.05, 0.1) is 16.3 Å². The summed E-state index contributed by atoms with van der Waals surface area (Å²) in [4.78, 5) is 28.4. The fourth-order valence-electron chi connectivity index (χ4n) is 3.14. The molecule has 0 radical (unpaired) electrons. The molecule has 0 saturated carbocycles. The fraction of sp³-hybridized carbons (Fsp3) is 0.294. The zero-order chi connectivity index (χ0) is 15.1. The van der Waals surface area contributed by atoms with Crippen LogP contribution in [0.2, 0.25) is 0 Å². The van der Waals surface area contributed by atoms with E-state index in [0.29, 0.717) is 5.69 Å². The van der Waals surface area contributed by atoms with Crippen molar-refractivity contribution in [3.05, 3.63) is 45.6 Å². The Morgan fingerprint density at radius 3 is 2.86 bits per heavy atom. The molecule has 4 rings (SSSR count). The van der Waals surface area contributed by atoms with E-state index in [4.69, 9.17) is 0 Å². The predicted octanol–water partition coefficient (Wildman–Crippen LogP) is 3.23. The lowest BCUT2D eigenvalue weighted by Gasteiger charge is -2.28. The van der Waals surface area contributed by atoms with Crippen molar-refractivity contribution < 1.29 is 9.59 Å². The number of para-hydroxylation sites is 2. The van der Waals surface area contributed by atoms with Gasteiger partial charge in [0.1, 0.15) is 6.54 Å². The molecule has 0 spiro atoms. The molecule has 1 aromatic heterocycles. The van der Waals surface area contributed by atoms with Crippen LogP contribution in [0.1, 0.15) is 33.0 Å². The molecular formula is C17H16N2O2S. The Morgan fingerprint density at radius 2 is 2.00 bits per heavy atom. The Bertz CT molecular complexity index is 742. The monoisotopic (exact) mass is 312 g/mol. The minimum absolute atomic E-state index is 0.0679. The molecule has 2 aromatic rings. The number of nitrogens with one attached hydrogen (secondary N) is 1. The lowest BCUT2D eigenvalue weighted by Crippen LogP contribution is -2.41. The maximum absolute atomic E-state index is 12.9. The minimum atomic E-state index is -0.145. The number of thiophene rings is 1. The van der Waals surface area contributed by atoms with Gasteiger partial charge in [0.2, 0.25) is 5.91 Å². The number of carbonyl (C=O) groups is 2. The van der Waals surface area contributed by atoms with E-state index in [1.54, 1.807) is 16.2 Å². The molecule has 0 fully saturated rings. The Balaban J connectivity index is 1.71. The average molecular weight is 312 g/mol. The molecule has 0 unspecified atom stereocenters. The van der Waals surface area contributed by atoms with Gasteiger partial charge in [-0.2, -0.15) is 0 Å². The van der Waals surface area contributed by atoms with Gasteiger partial charge in [0, 0.05) is 4.88 Å². The standard InChI is InChI=1S/C17H16N2O2S/c20-16-10-19(13-7-3-2-6-12(13)18-16)17(21)15-9-11-5-1-4-8-14(11)22-15/h2-3,6-7,9H,1,4-5,8,10H2,(H,18,20). The molecule has 0 saturated heterocycles. The first-order valence-electron chi connectivity index (χ1n) is 7.55. The highest BCUT2D eigenvalue weighted by atomic mass is 32.1. The minimum Gasteiger partial charge on any atom is -0.323 e. The van der Waals surface area contributed by atoms with E-state index in [1.807, 2.05) is 30.3 Å². The normalized spacial score (nSPS) is 16.7. The van der Waals surface area contributed by atoms with Crippen molar-refractivity contribution in [3.8, 4) is 0 Å². The number of hydrogen-bond acceptors (Lipinski definition) is 3. The number of rotatable bonds is 1. The summed E-state index contributed by atoms with van der Waals surface area (Å²) in [5.74, 6) is -0.213. The highest BCUT2D eigenvalue weighted by Crippen LogP contribution is 2.34. The number of carbonyl (C=O) groups excluding carboxylic acids is 2. The van der Waals surface area contributed by atoms with E-state index in [-0.39, 0.29) is 18.4 Å². The largest absolute Gasteiger partial charge is 0.323 e. The molecule has 1 aliphatic carbocycles. The van der Waals surface area contributed by atoms with Gasteiger partial charge in [0.25, 0.3) is 5.91 Å². The SMILES string of the molecule is O=C1CN(C(=O)c2cc3c(s2)CCCC3)c2ccccc2N1. The molecule has 2 amide bonds. The summed E-state index contributed by atoms with van der Waals surface area (Å²) < 4.78 is 0. The van der Waals surface area contributed by atoms with Crippen LogP contribution >= 0.6 is 11.3 Å². The Hall–Kier alpha value is -2.14. The van der Waals surface area contributed by atoms with Gasteiger partial charge < -0.3 is 5.32 Å². The van der Waals surface area contributed by atoms with E-state index in [2.05, 4.69) is 5.32 Å². The molecule has 5 heteroatoms. The summed E-state index contributed by atoms with van der Waals surface area (Å²) in [7, 11) is 0. The molecule has 4 nitrogen and oxygen atoms in total. The summed E-state index contributed by atoms with van der Waals surface area (Å²) in [6.45, 7) is 0.0818. The zero-order valence-electron chi connectivity index (χ0n) is 12.1. The number of hydrogen-bond donors (Lipinski definition) is 1. The average Bonchev–Trinajstić information content (AvgIpc) is 2.97. The van der Waals surface area contributed by atoms with Crippen molar-refractivity contribution in [2.45, 2.75) is 25.7 Å². The summed E-state index contributed by atoms with van der Waals surface area (Å²) in [5, 5.41) is 2.82. The molecule has 2 aliphatic rings. The van der Waals surface area contributed by atoms with Crippen molar-refractivity contribution in [3.63, 3.8) is 0 Å². The van der Waals surface area contributed by atoms with Gasteiger partial charge in [-0.15, -0.1) is 11.3 Å². The lowest BCUT2D eigenvalue weighted by molar-refractivity contribution is -0.115. The van der Waals surface area contributed by atoms with Crippen molar-refractivity contribution in [1.82, 2.24) is 0 Å². The highest BCUT2D eigenvalue weighted by molar-refractivity contribution is 7.14. The number of anilines is 2. The van der Waals surface area contributed by atoms with E-state index in [1.165, 1.54) is 23.3 Å². The van der Waals surface area contributed by atoms with Crippen LogP contribution in [0, 0.1) is 0 Å². The maximum atomic E-state index is 12.9. The maximum Gasteiger partial charge on any atom is 0.268 e. The Morgan fingerprint density at radius 1 is 1.18 bits per heavy atom. The van der Waals surface area contributed by atoms with Gasteiger partial charge >= 0.3 is 0 Å². The van der Waals surface area contributed by atoms with Crippen LogP contribution < -0.4 is 10.2 Å². The zero-order valence-corrected chi connectivity index (χ0v) is 12.9. The highest BCUT2D eigenvalue weighted by Gasteiger charge is 2.29. The van der Waals surface area contributed by atoms with Crippen LogP contribution in [-0.4, -0.2) is 18.4 Å². The van der Waals surface area contributed by atoms with Crippen molar-refractivity contribution in [2.24, 2.45) is 0 Å². The second-order valence-electron chi connectivity index (χ2n) is 5.72. The van der Waals surface area contributed by atoms with E-state index >= 15 is 0 Å². The van der Waals surface area contributed by atoms with Crippen LogP contribution in [0.5, 0.6) is 0 Å². The van der Waals surface area contributed by atoms with Gasteiger partial charge in [-0.3, -0.25) is 14.5 Å². The molecule has 1 N–H and O–H groups in total. The fourth-order valence-corrected chi connectivity index (χ4v) is 4.35. The first kappa shape index (κ1) is 13.5. The first-order valence-corrected chi connectivity index (χ1v) is 8.36. The van der Waals surface area contributed by atoms with Crippen molar-refractivity contribution in [2.75, 3.05) is 16.8 Å². The van der Waals surface area contributed by atoms with Crippen LogP contribution in [0.3, 0.4) is 0 Å². The molecular weight excluding hydrogens is 296 g/mol. The van der Waals surface area contributed by atoms with Crippen LogP contribution in [-0.2, 0) is 17.6 Å². The van der Waals surface area contributed by atoms with Gasteiger partial charge in [-0.25, -0.2) is 0 Å². The van der Waals surface area contributed by atoms with Gasteiger partial charge in [0.15, 0.2) is 0 Å². The summed E-state index contributed by atoms with van der Waals surface area (Å²) in [6.07, 6.45) is 4.54. The third-order valence-corrected chi connectivity index (χ3v) is 5.45. The number of fused-ring (bicyclic) bond motifs is 2. The predicted molar refractivity (Wildman–Crippen MR) is 87.7 cm³/mol. The molecule has 22 heavy (non-hydrogen) atoms. The van der Waals surface area contributed by atoms with Gasteiger partial charge in [-0.1, -0.05) is 12.1 Å². The Labute approximate surface area is 132 Å². The number of nitrogens with zero attached hydrogens (tertiary/aromatic N) is 1. The topological polar surface area (TPSA) is 49.4 Å². The summed E-state index contributed by atoms with van der Waals surface area (Å²) in [6, 6.07) is 9.47. The second kappa shape index (κ2) is 5.25. The molecule has 1 aliphatic heterocycles. The van der Waals surface area contributed by atoms with E-state index in [0.717, 1.165) is 23.4 Å². The molecule has 1 aromatic carbocycles. The van der Waals surface area contributed by atoms with Crippen molar-refractivity contribution in [1.29, 1.82) is 0 Å². The first-order chi connectivity index (χ1) is 10.7. The molecule has 0 atom stereocenters. The number of amides is 2. The molecule has 112 valence electrons. The van der Waals surface area contributed by atoms with E-state index < -0.39 is 0 Å². The third kappa shape index (κ3) is 2.22. The van der Waals surface area contributed by atoms with Crippen molar-refractivity contribution >= 4 is 34.5 Å². The van der Waals surface area contributed by atoms with E-state index in [9.17, 15) is 9.59 Å². The lowest BCUT2D eigenvalue weighted by atomic mass is 9.99. The quantitative estimate of drug-likeness (QED) is 0.879. The second-order valence-corrected chi connectivity index (χ2v) is 6.86. The molecule has 0 bridgehead atoms. The van der Waals surface area contributed by atoms with Gasteiger partial charge in [-0.05, 0) is 49.4 Å². The Kier molecular flexibility index (Phi) is 3.22.